The van der Waals surface area contributed by atoms with Crippen LogP contribution >= 0.6 is 0 Å². The van der Waals surface area contributed by atoms with Crippen LogP contribution in [0.25, 0.3) is 17.1 Å². The van der Waals surface area contributed by atoms with Crippen LogP contribution in [0.15, 0.2) is 53.1 Å². The number of furan rings is 1. The first-order valence-electron chi connectivity index (χ1n) is 8.11. The standard InChI is InChI=1S/C19H21N3O2/c1-4-13(2)20-19(23)16-12-22(15-8-6-5-7-9-15)21-18(16)17-11-10-14(3)24-17/h5-13H,4H2,1-3H3,(H,20,23). The number of carbonyl (C=O) groups excluding carboxylic acids is 1. The van der Waals surface area contributed by atoms with Gasteiger partial charge in [-0.1, -0.05) is 25.1 Å². The molecule has 5 nitrogen and oxygen atoms in total. The van der Waals surface area contributed by atoms with E-state index in [1.807, 2.05) is 63.2 Å². The van der Waals surface area contributed by atoms with E-state index in [1.165, 1.54) is 0 Å². The Bertz CT molecular complexity index is 833. The minimum Gasteiger partial charge on any atom is -0.460 e. The Morgan fingerprint density at radius 2 is 2.00 bits per heavy atom. The lowest BCUT2D eigenvalue weighted by atomic mass is 10.1. The van der Waals surface area contributed by atoms with Gasteiger partial charge in [-0.15, -0.1) is 0 Å². The highest BCUT2D eigenvalue weighted by atomic mass is 16.3. The van der Waals surface area contributed by atoms with Crippen LogP contribution in [0.1, 0.15) is 36.4 Å². The third-order valence-corrected chi connectivity index (χ3v) is 3.94. The van der Waals surface area contributed by atoms with Crippen molar-refractivity contribution in [3.8, 4) is 17.1 Å². The van der Waals surface area contributed by atoms with Crippen molar-refractivity contribution in [1.29, 1.82) is 0 Å². The predicted octanol–water partition coefficient (Wildman–Crippen LogP) is 3.97. The summed E-state index contributed by atoms with van der Waals surface area (Å²) in [5.41, 5.74) is 1.95. The Morgan fingerprint density at radius 3 is 2.62 bits per heavy atom. The molecule has 1 aromatic carbocycles. The Labute approximate surface area is 141 Å². The van der Waals surface area contributed by atoms with Gasteiger partial charge in [0.05, 0.1) is 11.3 Å². The zero-order valence-electron chi connectivity index (χ0n) is 14.1. The minimum absolute atomic E-state index is 0.101. The summed E-state index contributed by atoms with van der Waals surface area (Å²) in [4.78, 5) is 12.7. The van der Waals surface area contributed by atoms with Crippen molar-refractivity contribution in [2.45, 2.75) is 33.2 Å². The monoisotopic (exact) mass is 323 g/mol. The summed E-state index contributed by atoms with van der Waals surface area (Å²) in [5, 5.41) is 7.57. The summed E-state index contributed by atoms with van der Waals surface area (Å²) in [6.45, 7) is 5.89. The summed E-state index contributed by atoms with van der Waals surface area (Å²) in [6, 6.07) is 13.5. The van der Waals surface area contributed by atoms with Gasteiger partial charge in [0.1, 0.15) is 11.5 Å². The van der Waals surface area contributed by atoms with Gasteiger partial charge in [0.25, 0.3) is 5.91 Å². The van der Waals surface area contributed by atoms with Crippen LogP contribution in [0, 0.1) is 6.92 Å². The highest BCUT2D eigenvalue weighted by Crippen LogP contribution is 2.25. The molecule has 24 heavy (non-hydrogen) atoms. The molecule has 0 saturated carbocycles. The average molecular weight is 323 g/mol. The molecule has 1 amide bonds. The van der Waals surface area contributed by atoms with Crippen LogP contribution in [0.3, 0.4) is 0 Å². The molecule has 3 aromatic rings. The molecule has 0 radical (unpaired) electrons. The van der Waals surface area contributed by atoms with E-state index in [1.54, 1.807) is 10.9 Å². The fourth-order valence-electron chi connectivity index (χ4n) is 2.40. The first-order chi connectivity index (χ1) is 11.6. The number of hydrogen-bond acceptors (Lipinski definition) is 3. The topological polar surface area (TPSA) is 60.1 Å². The van der Waals surface area contributed by atoms with E-state index >= 15 is 0 Å². The number of nitrogens with one attached hydrogen (secondary N) is 1. The zero-order valence-corrected chi connectivity index (χ0v) is 14.1. The Hall–Kier alpha value is -2.82. The lowest BCUT2D eigenvalue weighted by Crippen LogP contribution is -2.32. The molecule has 5 heteroatoms. The van der Waals surface area contributed by atoms with E-state index in [0.29, 0.717) is 17.0 Å². The average Bonchev–Trinajstić information content (AvgIpc) is 3.21. The summed E-state index contributed by atoms with van der Waals surface area (Å²) in [7, 11) is 0. The third-order valence-electron chi connectivity index (χ3n) is 3.94. The predicted molar refractivity (Wildman–Crippen MR) is 93.2 cm³/mol. The van der Waals surface area contributed by atoms with Gasteiger partial charge in [-0.05, 0) is 44.5 Å². The Balaban J connectivity index is 2.05. The van der Waals surface area contributed by atoms with Crippen molar-refractivity contribution in [1.82, 2.24) is 15.1 Å². The number of nitrogens with zero attached hydrogens (tertiary/aromatic N) is 2. The summed E-state index contributed by atoms with van der Waals surface area (Å²) in [5.74, 6) is 1.24. The second kappa shape index (κ2) is 6.74. The van der Waals surface area contributed by atoms with Crippen molar-refractivity contribution in [3.63, 3.8) is 0 Å². The fraction of sp³-hybridized carbons (Fsp3) is 0.263. The molecule has 2 aromatic heterocycles. The van der Waals surface area contributed by atoms with Crippen molar-refractivity contribution < 1.29 is 9.21 Å². The molecule has 1 unspecified atom stereocenters. The van der Waals surface area contributed by atoms with E-state index in [-0.39, 0.29) is 11.9 Å². The maximum absolute atomic E-state index is 12.7. The molecule has 3 rings (SSSR count). The number of hydrogen-bond donors (Lipinski definition) is 1. The Morgan fingerprint density at radius 1 is 1.25 bits per heavy atom. The maximum atomic E-state index is 12.7. The van der Waals surface area contributed by atoms with Gasteiger partial charge in [0, 0.05) is 12.2 Å². The quantitative estimate of drug-likeness (QED) is 0.773. The van der Waals surface area contributed by atoms with Crippen molar-refractivity contribution in [2.24, 2.45) is 0 Å². The summed E-state index contributed by atoms with van der Waals surface area (Å²) < 4.78 is 7.39. The second-order valence-electron chi connectivity index (χ2n) is 5.86. The van der Waals surface area contributed by atoms with Crippen LogP contribution in [0.4, 0.5) is 0 Å². The highest BCUT2D eigenvalue weighted by Gasteiger charge is 2.21. The van der Waals surface area contributed by atoms with Gasteiger partial charge < -0.3 is 9.73 Å². The molecule has 0 aliphatic carbocycles. The summed E-state index contributed by atoms with van der Waals surface area (Å²) >= 11 is 0. The smallest absolute Gasteiger partial charge is 0.255 e. The number of amides is 1. The maximum Gasteiger partial charge on any atom is 0.255 e. The number of carbonyl (C=O) groups is 1. The van der Waals surface area contributed by atoms with E-state index in [4.69, 9.17) is 4.42 Å². The van der Waals surface area contributed by atoms with Crippen LogP contribution in [-0.4, -0.2) is 21.7 Å². The van der Waals surface area contributed by atoms with Gasteiger partial charge in [-0.3, -0.25) is 4.79 Å². The molecular weight excluding hydrogens is 302 g/mol. The number of aryl methyl sites for hydroxylation is 1. The van der Waals surface area contributed by atoms with Gasteiger partial charge in [-0.2, -0.15) is 5.10 Å². The Kier molecular flexibility index (Phi) is 4.51. The van der Waals surface area contributed by atoms with Crippen LogP contribution in [0.2, 0.25) is 0 Å². The first kappa shape index (κ1) is 16.1. The lowest BCUT2D eigenvalue weighted by molar-refractivity contribution is 0.0939. The van der Waals surface area contributed by atoms with Crippen LogP contribution < -0.4 is 5.32 Å². The van der Waals surface area contributed by atoms with Crippen molar-refractivity contribution in [2.75, 3.05) is 0 Å². The molecular formula is C19H21N3O2. The van der Waals surface area contributed by atoms with Gasteiger partial charge >= 0.3 is 0 Å². The van der Waals surface area contributed by atoms with E-state index in [0.717, 1.165) is 17.9 Å². The molecule has 0 spiro atoms. The fourth-order valence-corrected chi connectivity index (χ4v) is 2.40. The van der Waals surface area contributed by atoms with E-state index in [9.17, 15) is 4.79 Å². The van der Waals surface area contributed by atoms with Crippen LogP contribution in [0.5, 0.6) is 0 Å². The molecule has 2 heterocycles. The molecule has 1 N–H and O–H groups in total. The minimum atomic E-state index is -0.143. The van der Waals surface area contributed by atoms with Crippen molar-refractivity contribution >= 4 is 5.91 Å². The number of para-hydroxylation sites is 1. The van der Waals surface area contributed by atoms with Gasteiger partial charge in [0.2, 0.25) is 0 Å². The molecule has 124 valence electrons. The largest absolute Gasteiger partial charge is 0.460 e. The molecule has 0 bridgehead atoms. The van der Waals surface area contributed by atoms with Gasteiger partial charge in [0.15, 0.2) is 5.76 Å². The normalized spacial score (nSPS) is 12.1. The lowest BCUT2D eigenvalue weighted by Gasteiger charge is -2.10. The molecule has 0 aliphatic heterocycles. The number of benzene rings is 1. The third kappa shape index (κ3) is 3.25. The van der Waals surface area contributed by atoms with E-state index in [2.05, 4.69) is 10.4 Å². The molecule has 0 fully saturated rings. The molecule has 0 saturated heterocycles. The highest BCUT2D eigenvalue weighted by molar-refractivity contribution is 5.99. The SMILES string of the molecule is CCC(C)NC(=O)c1cn(-c2ccccc2)nc1-c1ccc(C)o1. The summed E-state index contributed by atoms with van der Waals surface area (Å²) in [6.07, 6.45) is 2.62. The van der Waals surface area contributed by atoms with E-state index < -0.39 is 0 Å². The van der Waals surface area contributed by atoms with Crippen LogP contribution in [-0.2, 0) is 0 Å². The molecule has 0 aliphatic rings. The number of rotatable bonds is 5. The van der Waals surface area contributed by atoms with Gasteiger partial charge in [-0.25, -0.2) is 4.68 Å². The molecule has 1 atom stereocenters. The second-order valence-corrected chi connectivity index (χ2v) is 5.86. The number of aromatic nitrogens is 2. The van der Waals surface area contributed by atoms with Crippen molar-refractivity contribution in [3.05, 3.63) is 60.0 Å². The zero-order chi connectivity index (χ0) is 17.1. The first-order valence-corrected chi connectivity index (χ1v) is 8.11.